The van der Waals surface area contributed by atoms with E-state index < -0.39 is 29.7 Å². The summed E-state index contributed by atoms with van der Waals surface area (Å²) in [5, 5.41) is 19.6. The third-order valence-corrected chi connectivity index (χ3v) is 4.17. The molecular weight excluding hydrogens is 316 g/mol. The van der Waals surface area contributed by atoms with Crippen LogP contribution in [-0.2, 0) is 0 Å². The van der Waals surface area contributed by atoms with Crippen molar-refractivity contribution in [3.05, 3.63) is 64.7 Å². The molecule has 1 heterocycles. The highest BCUT2D eigenvalue weighted by molar-refractivity contribution is 5.95. The fourth-order valence-electron chi connectivity index (χ4n) is 3.16. The Kier molecular flexibility index (Phi) is 4.24. The van der Waals surface area contributed by atoms with Gasteiger partial charge in [0.2, 0.25) is 0 Å². The van der Waals surface area contributed by atoms with Gasteiger partial charge in [0.05, 0.1) is 12.1 Å². The molecule has 0 spiro atoms. The van der Waals surface area contributed by atoms with Gasteiger partial charge in [-0.1, -0.05) is 0 Å². The van der Waals surface area contributed by atoms with Gasteiger partial charge in [-0.2, -0.15) is 0 Å². The number of β-amino-alcohol motifs (C(OH)–C–C–N with tert-alkyl or cyclic N) is 1. The van der Waals surface area contributed by atoms with Crippen LogP contribution in [-0.4, -0.2) is 33.7 Å². The van der Waals surface area contributed by atoms with E-state index in [4.69, 9.17) is 0 Å². The number of halogens is 2. The van der Waals surface area contributed by atoms with Crippen LogP contribution in [0.5, 0.6) is 5.75 Å². The van der Waals surface area contributed by atoms with Gasteiger partial charge in [0.1, 0.15) is 17.4 Å². The van der Waals surface area contributed by atoms with E-state index >= 15 is 0 Å². The van der Waals surface area contributed by atoms with Crippen molar-refractivity contribution in [3.63, 3.8) is 0 Å². The Morgan fingerprint density at radius 1 is 1.21 bits per heavy atom. The number of benzene rings is 2. The molecule has 3 rings (SSSR count). The fourth-order valence-corrected chi connectivity index (χ4v) is 3.16. The highest BCUT2D eigenvalue weighted by atomic mass is 19.1. The monoisotopic (exact) mass is 333 g/mol. The molecule has 1 saturated heterocycles. The van der Waals surface area contributed by atoms with Gasteiger partial charge in [-0.25, -0.2) is 8.78 Å². The van der Waals surface area contributed by atoms with E-state index in [1.807, 2.05) is 0 Å². The second-order valence-corrected chi connectivity index (χ2v) is 6.09. The smallest absolute Gasteiger partial charge is 0.254 e. The number of amides is 1. The average Bonchev–Trinajstić information content (AvgIpc) is 2.89. The normalized spacial score (nSPS) is 20.4. The van der Waals surface area contributed by atoms with Crippen molar-refractivity contribution in [3.8, 4) is 5.75 Å². The lowest BCUT2D eigenvalue weighted by Crippen LogP contribution is -2.32. The SMILES string of the molecule is Cc1cc(O)cc(C(=O)N2C[C@H](O)C[C@@H]2c2cc(F)ccc2F)c1. The molecule has 1 aliphatic rings. The molecule has 0 unspecified atom stereocenters. The van der Waals surface area contributed by atoms with Crippen molar-refractivity contribution in [2.45, 2.75) is 25.5 Å². The van der Waals surface area contributed by atoms with E-state index in [2.05, 4.69) is 0 Å². The van der Waals surface area contributed by atoms with Crippen molar-refractivity contribution in [2.75, 3.05) is 6.54 Å². The van der Waals surface area contributed by atoms with E-state index in [9.17, 15) is 23.8 Å². The van der Waals surface area contributed by atoms with Gasteiger partial charge >= 0.3 is 0 Å². The van der Waals surface area contributed by atoms with Crippen LogP contribution in [0.2, 0.25) is 0 Å². The molecule has 24 heavy (non-hydrogen) atoms. The van der Waals surface area contributed by atoms with Crippen LogP contribution in [0.25, 0.3) is 0 Å². The molecule has 126 valence electrons. The van der Waals surface area contributed by atoms with Crippen LogP contribution >= 0.6 is 0 Å². The number of aliphatic hydroxyl groups excluding tert-OH is 1. The number of likely N-dealkylation sites (tertiary alicyclic amines) is 1. The molecule has 0 bridgehead atoms. The number of phenolic OH excluding ortho intramolecular Hbond substituents is 1. The van der Waals surface area contributed by atoms with Crippen LogP contribution in [0.1, 0.15) is 33.9 Å². The van der Waals surface area contributed by atoms with Gasteiger partial charge in [-0.3, -0.25) is 4.79 Å². The molecule has 6 heteroatoms. The van der Waals surface area contributed by atoms with Gasteiger partial charge in [0.25, 0.3) is 5.91 Å². The maximum atomic E-state index is 14.1. The maximum Gasteiger partial charge on any atom is 0.254 e. The largest absolute Gasteiger partial charge is 0.508 e. The van der Waals surface area contributed by atoms with Gasteiger partial charge in [-0.15, -0.1) is 0 Å². The zero-order valence-corrected chi connectivity index (χ0v) is 13.0. The van der Waals surface area contributed by atoms with Crippen molar-refractivity contribution >= 4 is 5.91 Å². The van der Waals surface area contributed by atoms with E-state index in [0.717, 1.165) is 18.2 Å². The van der Waals surface area contributed by atoms with E-state index in [1.54, 1.807) is 13.0 Å². The number of nitrogens with zero attached hydrogens (tertiary/aromatic N) is 1. The highest BCUT2D eigenvalue weighted by Gasteiger charge is 2.37. The van der Waals surface area contributed by atoms with Crippen molar-refractivity contribution < 1.29 is 23.8 Å². The minimum Gasteiger partial charge on any atom is -0.508 e. The highest BCUT2D eigenvalue weighted by Crippen LogP contribution is 2.35. The Hall–Kier alpha value is -2.47. The molecule has 1 aliphatic heterocycles. The number of carbonyl (C=O) groups excluding carboxylic acids is 1. The van der Waals surface area contributed by atoms with E-state index in [0.29, 0.717) is 5.56 Å². The first kappa shape index (κ1) is 16.4. The maximum absolute atomic E-state index is 14.1. The third-order valence-electron chi connectivity index (χ3n) is 4.17. The zero-order valence-electron chi connectivity index (χ0n) is 13.0. The summed E-state index contributed by atoms with van der Waals surface area (Å²) < 4.78 is 27.6. The Morgan fingerprint density at radius 2 is 1.96 bits per heavy atom. The number of hydrogen-bond acceptors (Lipinski definition) is 3. The van der Waals surface area contributed by atoms with Crippen LogP contribution in [0.4, 0.5) is 8.78 Å². The van der Waals surface area contributed by atoms with Gasteiger partial charge in [0, 0.05) is 17.7 Å². The number of hydrogen-bond donors (Lipinski definition) is 2. The Morgan fingerprint density at radius 3 is 2.67 bits per heavy atom. The summed E-state index contributed by atoms with van der Waals surface area (Å²) >= 11 is 0. The summed E-state index contributed by atoms with van der Waals surface area (Å²) in [5.41, 5.74) is 0.978. The van der Waals surface area contributed by atoms with Crippen LogP contribution in [0.15, 0.2) is 36.4 Å². The molecule has 2 N–H and O–H groups in total. The molecule has 2 aromatic carbocycles. The average molecular weight is 333 g/mol. The lowest BCUT2D eigenvalue weighted by molar-refractivity contribution is 0.0713. The summed E-state index contributed by atoms with van der Waals surface area (Å²) in [5.74, 6) is -1.72. The second-order valence-electron chi connectivity index (χ2n) is 6.09. The van der Waals surface area contributed by atoms with Crippen LogP contribution in [0, 0.1) is 18.6 Å². The molecule has 0 saturated carbocycles. The summed E-state index contributed by atoms with van der Waals surface area (Å²) in [6.07, 6.45) is -0.691. The number of phenols is 1. The predicted molar refractivity (Wildman–Crippen MR) is 83.6 cm³/mol. The number of aromatic hydroxyl groups is 1. The summed E-state index contributed by atoms with van der Waals surface area (Å²) in [4.78, 5) is 14.1. The minimum absolute atomic E-state index is 0.0220. The summed E-state index contributed by atoms with van der Waals surface area (Å²) in [6.45, 7) is 1.76. The lowest BCUT2D eigenvalue weighted by atomic mass is 10.0. The van der Waals surface area contributed by atoms with Gasteiger partial charge in [-0.05, 0) is 55.3 Å². The van der Waals surface area contributed by atoms with Crippen molar-refractivity contribution in [2.24, 2.45) is 0 Å². The Balaban J connectivity index is 1.98. The standard InChI is InChI=1S/C18H17F2NO3/c1-10-4-11(6-13(22)5-10)18(24)21-9-14(23)8-17(21)15-7-12(19)2-3-16(15)20/h2-7,14,17,22-23H,8-9H2,1H3/t14-,17-/m1/s1. The predicted octanol–water partition coefficient (Wildman–Crippen LogP) is 2.93. The van der Waals surface area contributed by atoms with Crippen molar-refractivity contribution in [1.82, 2.24) is 4.90 Å². The molecule has 1 amide bonds. The minimum atomic E-state index is -0.819. The molecule has 1 fully saturated rings. The molecule has 0 aliphatic carbocycles. The second kappa shape index (κ2) is 6.20. The number of rotatable bonds is 2. The number of carbonyl (C=O) groups is 1. The quantitative estimate of drug-likeness (QED) is 0.888. The molecule has 4 nitrogen and oxygen atoms in total. The van der Waals surface area contributed by atoms with Crippen LogP contribution < -0.4 is 0 Å². The third kappa shape index (κ3) is 3.10. The van der Waals surface area contributed by atoms with Gasteiger partial charge < -0.3 is 15.1 Å². The van der Waals surface area contributed by atoms with Crippen LogP contribution in [0.3, 0.4) is 0 Å². The molecule has 2 aromatic rings. The van der Waals surface area contributed by atoms with E-state index in [-0.39, 0.29) is 29.8 Å². The summed E-state index contributed by atoms with van der Waals surface area (Å²) in [7, 11) is 0. The lowest BCUT2D eigenvalue weighted by Gasteiger charge is -2.25. The van der Waals surface area contributed by atoms with Gasteiger partial charge in [0.15, 0.2) is 0 Å². The Bertz CT molecular complexity index is 774. The van der Waals surface area contributed by atoms with Crippen molar-refractivity contribution in [1.29, 1.82) is 0 Å². The Labute approximate surface area is 138 Å². The number of aliphatic hydroxyl groups is 1. The fraction of sp³-hybridized carbons (Fsp3) is 0.278. The molecule has 0 aromatic heterocycles. The summed E-state index contributed by atoms with van der Waals surface area (Å²) in [6, 6.07) is 6.74. The molecule has 0 radical (unpaired) electrons. The zero-order chi connectivity index (χ0) is 17.4. The first-order valence-electron chi connectivity index (χ1n) is 7.60. The molecular formula is C18H17F2NO3. The topological polar surface area (TPSA) is 60.8 Å². The first-order valence-corrected chi connectivity index (χ1v) is 7.60. The number of aryl methyl sites for hydroxylation is 1. The first-order chi connectivity index (χ1) is 11.3. The molecule has 2 atom stereocenters. The van der Waals surface area contributed by atoms with E-state index in [1.165, 1.54) is 17.0 Å².